The molecule has 1 aliphatic carbocycles. The fourth-order valence-corrected chi connectivity index (χ4v) is 4.87. The fraction of sp³-hybridized carbons (Fsp3) is 0.316. The Morgan fingerprint density at radius 2 is 2.27 bits per heavy atom. The largest absolute Gasteiger partial charge is 0.452 e. The summed E-state index contributed by atoms with van der Waals surface area (Å²) in [5, 5.41) is 12.7. The third kappa shape index (κ3) is 4.24. The van der Waals surface area contributed by atoms with E-state index in [-0.39, 0.29) is 6.61 Å². The first-order chi connectivity index (χ1) is 12.5. The maximum atomic E-state index is 12.2. The Balaban J connectivity index is 1.64. The number of nitrogens with one attached hydrogen (secondary N) is 1. The van der Waals surface area contributed by atoms with Crippen LogP contribution < -0.4 is 5.32 Å². The number of halogens is 1. The predicted octanol–water partition coefficient (Wildman–Crippen LogP) is 4.14. The number of nitriles is 1. The van der Waals surface area contributed by atoms with E-state index >= 15 is 0 Å². The van der Waals surface area contributed by atoms with Crippen molar-refractivity contribution in [2.24, 2.45) is 5.92 Å². The molecule has 1 aliphatic rings. The molecule has 1 aromatic heterocycles. The van der Waals surface area contributed by atoms with Crippen LogP contribution >= 0.6 is 33.9 Å². The molecular formula is C19H17IN2O3S. The first-order valence-corrected chi connectivity index (χ1v) is 10.1. The molecule has 0 saturated heterocycles. The van der Waals surface area contributed by atoms with Crippen molar-refractivity contribution in [2.45, 2.75) is 26.2 Å². The second-order valence-corrected chi connectivity index (χ2v) is 8.65. The molecule has 1 heterocycles. The molecule has 2 aromatic rings. The van der Waals surface area contributed by atoms with Gasteiger partial charge in [0.2, 0.25) is 0 Å². The topological polar surface area (TPSA) is 79.2 Å². The zero-order chi connectivity index (χ0) is 18.7. The summed E-state index contributed by atoms with van der Waals surface area (Å²) in [6.07, 6.45) is 2.86. The van der Waals surface area contributed by atoms with Crippen LogP contribution in [0.3, 0.4) is 0 Å². The fourth-order valence-electron chi connectivity index (χ4n) is 2.95. The number of hydrogen-bond donors (Lipinski definition) is 1. The predicted molar refractivity (Wildman–Crippen MR) is 108 cm³/mol. The van der Waals surface area contributed by atoms with Crippen LogP contribution in [0, 0.1) is 20.8 Å². The van der Waals surface area contributed by atoms with Crippen LogP contribution in [0.4, 0.5) is 5.00 Å². The van der Waals surface area contributed by atoms with E-state index in [0.29, 0.717) is 22.0 Å². The molecule has 0 unspecified atom stereocenters. The van der Waals surface area contributed by atoms with Crippen molar-refractivity contribution in [1.82, 2.24) is 0 Å². The number of benzene rings is 1. The Bertz CT molecular complexity index is 901. The number of carbonyl (C=O) groups is 2. The van der Waals surface area contributed by atoms with Crippen molar-refractivity contribution in [2.75, 3.05) is 11.9 Å². The highest BCUT2D eigenvalue weighted by Crippen LogP contribution is 2.39. The number of nitrogens with zero attached hydrogens (tertiary/aromatic N) is 1. The SMILES string of the molecule is C[C@@H]1CCc2c(sc(NC(=O)COC(=O)c3cccc(I)c3)c2C#N)C1. The zero-order valence-corrected chi connectivity index (χ0v) is 17.1. The number of fused-ring (bicyclic) bond motifs is 1. The Morgan fingerprint density at radius 3 is 3.00 bits per heavy atom. The molecule has 0 aliphatic heterocycles. The third-order valence-electron chi connectivity index (χ3n) is 4.27. The van der Waals surface area contributed by atoms with E-state index in [9.17, 15) is 14.9 Å². The summed E-state index contributed by atoms with van der Waals surface area (Å²) in [6.45, 7) is 1.81. The first-order valence-electron chi connectivity index (χ1n) is 8.25. The quantitative estimate of drug-likeness (QED) is 0.527. The van der Waals surface area contributed by atoms with Gasteiger partial charge in [-0.2, -0.15) is 5.26 Å². The van der Waals surface area contributed by atoms with E-state index in [2.05, 4.69) is 40.9 Å². The van der Waals surface area contributed by atoms with Crippen LogP contribution in [0.1, 0.15) is 39.7 Å². The minimum Gasteiger partial charge on any atom is -0.452 e. The zero-order valence-electron chi connectivity index (χ0n) is 14.2. The van der Waals surface area contributed by atoms with E-state index in [0.717, 1.165) is 28.4 Å². The molecule has 1 amide bonds. The number of thiophene rings is 1. The number of rotatable bonds is 4. The average Bonchev–Trinajstić information content (AvgIpc) is 2.95. The lowest BCUT2D eigenvalue weighted by Gasteiger charge is -2.17. The van der Waals surface area contributed by atoms with E-state index in [4.69, 9.17) is 4.74 Å². The molecule has 7 heteroatoms. The molecule has 0 saturated carbocycles. The molecule has 0 radical (unpaired) electrons. The van der Waals surface area contributed by atoms with Crippen LogP contribution in [-0.2, 0) is 22.4 Å². The summed E-state index contributed by atoms with van der Waals surface area (Å²) in [7, 11) is 0. The van der Waals surface area contributed by atoms with Gasteiger partial charge in [-0.05, 0) is 71.5 Å². The molecule has 0 spiro atoms. The summed E-state index contributed by atoms with van der Waals surface area (Å²) in [5.41, 5.74) is 2.01. The second kappa shape index (κ2) is 8.18. The van der Waals surface area contributed by atoms with Crippen molar-refractivity contribution in [3.8, 4) is 6.07 Å². The van der Waals surface area contributed by atoms with Gasteiger partial charge in [-0.25, -0.2) is 4.79 Å². The number of ether oxygens (including phenoxy) is 1. The minimum atomic E-state index is -0.543. The van der Waals surface area contributed by atoms with E-state index < -0.39 is 11.9 Å². The van der Waals surface area contributed by atoms with Crippen LogP contribution in [0.15, 0.2) is 24.3 Å². The summed E-state index contributed by atoms with van der Waals surface area (Å²) in [6, 6.07) is 9.18. The van der Waals surface area contributed by atoms with Crippen LogP contribution in [0.2, 0.25) is 0 Å². The highest BCUT2D eigenvalue weighted by Gasteiger charge is 2.24. The first kappa shape index (κ1) is 18.9. The average molecular weight is 480 g/mol. The lowest BCUT2D eigenvalue weighted by molar-refractivity contribution is -0.119. The summed E-state index contributed by atoms with van der Waals surface area (Å²) in [4.78, 5) is 25.4. The maximum absolute atomic E-state index is 12.2. The van der Waals surface area contributed by atoms with Crippen LogP contribution in [0.25, 0.3) is 0 Å². The lowest BCUT2D eigenvalue weighted by Crippen LogP contribution is -2.21. The van der Waals surface area contributed by atoms with E-state index in [1.807, 2.05) is 6.07 Å². The number of carbonyl (C=O) groups excluding carboxylic acids is 2. The molecule has 134 valence electrons. The highest BCUT2D eigenvalue weighted by atomic mass is 127. The van der Waals surface area contributed by atoms with Gasteiger partial charge in [0.05, 0.1) is 11.1 Å². The van der Waals surface area contributed by atoms with Gasteiger partial charge < -0.3 is 10.1 Å². The normalized spacial score (nSPS) is 15.7. The minimum absolute atomic E-state index is 0.381. The molecule has 1 aromatic carbocycles. The van der Waals surface area contributed by atoms with Crippen molar-refractivity contribution in [3.05, 3.63) is 49.4 Å². The monoisotopic (exact) mass is 480 g/mol. The van der Waals surface area contributed by atoms with Gasteiger partial charge in [0.1, 0.15) is 11.1 Å². The summed E-state index contributed by atoms with van der Waals surface area (Å²) >= 11 is 3.56. The standard InChI is InChI=1S/C19H17IN2O3S/c1-11-5-6-14-15(9-21)18(26-16(14)7-11)22-17(23)10-25-19(24)12-3-2-4-13(20)8-12/h2-4,8,11H,5-7,10H2,1H3,(H,22,23)/t11-/m1/s1. The van der Waals surface area contributed by atoms with Gasteiger partial charge in [0.15, 0.2) is 6.61 Å². The molecule has 26 heavy (non-hydrogen) atoms. The Morgan fingerprint density at radius 1 is 1.46 bits per heavy atom. The van der Waals surface area contributed by atoms with Gasteiger partial charge in [0, 0.05) is 8.45 Å². The maximum Gasteiger partial charge on any atom is 0.338 e. The second-order valence-electron chi connectivity index (χ2n) is 6.30. The summed E-state index contributed by atoms with van der Waals surface area (Å²) < 4.78 is 5.99. The lowest BCUT2D eigenvalue weighted by atomic mass is 9.89. The van der Waals surface area contributed by atoms with Gasteiger partial charge in [-0.1, -0.05) is 13.0 Å². The van der Waals surface area contributed by atoms with Crippen LogP contribution in [0.5, 0.6) is 0 Å². The molecule has 1 atom stereocenters. The van der Waals surface area contributed by atoms with E-state index in [1.54, 1.807) is 18.2 Å². The number of anilines is 1. The molecule has 3 rings (SSSR count). The third-order valence-corrected chi connectivity index (χ3v) is 6.11. The van der Waals surface area contributed by atoms with Crippen molar-refractivity contribution in [3.63, 3.8) is 0 Å². The van der Waals surface area contributed by atoms with Crippen molar-refractivity contribution < 1.29 is 14.3 Å². The van der Waals surface area contributed by atoms with Crippen molar-refractivity contribution in [1.29, 1.82) is 5.26 Å². The van der Waals surface area contributed by atoms with Gasteiger partial charge >= 0.3 is 5.97 Å². The smallest absolute Gasteiger partial charge is 0.338 e. The number of hydrogen-bond acceptors (Lipinski definition) is 5. The van der Waals surface area contributed by atoms with Crippen LogP contribution in [-0.4, -0.2) is 18.5 Å². The molecule has 1 N–H and O–H groups in total. The Kier molecular flexibility index (Phi) is 5.94. The Labute approximate surface area is 169 Å². The molecular weight excluding hydrogens is 463 g/mol. The van der Waals surface area contributed by atoms with E-state index in [1.165, 1.54) is 16.2 Å². The molecule has 0 fully saturated rings. The molecule has 0 bridgehead atoms. The van der Waals surface area contributed by atoms with Gasteiger partial charge in [-0.3, -0.25) is 4.79 Å². The summed E-state index contributed by atoms with van der Waals surface area (Å²) in [5.74, 6) is -0.392. The number of esters is 1. The van der Waals surface area contributed by atoms with Gasteiger partial charge in [0.25, 0.3) is 5.91 Å². The van der Waals surface area contributed by atoms with Gasteiger partial charge in [-0.15, -0.1) is 11.3 Å². The van der Waals surface area contributed by atoms with Crippen molar-refractivity contribution >= 4 is 50.8 Å². The number of amides is 1. The highest BCUT2D eigenvalue weighted by molar-refractivity contribution is 14.1. The Hall–Kier alpha value is -1.92. The molecule has 5 nitrogen and oxygen atoms in total.